The summed E-state index contributed by atoms with van der Waals surface area (Å²) in [7, 11) is 2.99. The number of imidazole rings is 1. The molecule has 96 valence electrons. The van der Waals surface area contributed by atoms with Crippen LogP contribution in [0.4, 0.5) is 0 Å². The van der Waals surface area contributed by atoms with E-state index in [-0.39, 0.29) is 5.52 Å². The number of aromatic nitrogens is 6. The van der Waals surface area contributed by atoms with E-state index in [1.54, 1.807) is 25.5 Å². The SMILES string of the molecule is Cn1c(=O)c2c(ncn2-c2ncccn2)n(C)c1=O. The number of hydrogen-bond acceptors (Lipinski definition) is 5. The van der Waals surface area contributed by atoms with Gasteiger partial charge in [-0.2, -0.15) is 0 Å². The Morgan fingerprint density at radius 3 is 2.37 bits per heavy atom. The van der Waals surface area contributed by atoms with E-state index in [0.717, 1.165) is 4.57 Å². The van der Waals surface area contributed by atoms with Crippen LogP contribution in [0.3, 0.4) is 0 Å². The van der Waals surface area contributed by atoms with Crippen LogP contribution in [-0.2, 0) is 14.1 Å². The first-order chi connectivity index (χ1) is 9.11. The summed E-state index contributed by atoms with van der Waals surface area (Å²) >= 11 is 0. The third-order valence-corrected chi connectivity index (χ3v) is 2.91. The quantitative estimate of drug-likeness (QED) is 0.571. The van der Waals surface area contributed by atoms with Gasteiger partial charge >= 0.3 is 5.69 Å². The highest BCUT2D eigenvalue weighted by Crippen LogP contribution is 2.09. The third kappa shape index (κ3) is 1.49. The standard InChI is InChI=1S/C11H10N6O2/c1-15-8-7(9(18)16(2)11(15)19)17(6-14-8)10-12-4-3-5-13-10/h3-6H,1-2H3. The zero-order valence-corrected chi connectivity index (χ0v) is 10.3. The van der Waals surface area contributed by atoms with Gasteiger partial charge in [0, 0.05) is 26.5 Å². The molecule has 0 unspecified atom stereocenters. The van der Waals surface area contributed by atoms with Crippen molar-refractivity contribution in [2.45, 2.75) is 0 Å². The second-order valence-electron chi connectivity index (χ2n) is 4.04. The average Bonchev–Trinajstić information content (AvgIpc) is 2.88. The Morgan fingerprint density at radius 1 is 1.00 bits per heavy atom. The molecule has 0 amide bonds. The highest BCUT2D eigenvalue weighted by molar-refractivity contribution is 5.71. The maximum Gasteiger partial charge on any atom is 0.332 e. The molecule has 0 atom stereocenters. The lowest BCUT2D eigenvalue weighted by atomic mass is 10.5. The average molecular weight is 258 g/mol. The fourth-order valence-electron chi connectivity index (χ4n) is 1.91. The Morgan fingerprint density at radius 2 is 1.68 bits per heavy atom. The normalized spacial score (nSPS) is 11.1. The molecule has 8 heteroatoms. The van der Waals surface area contributed by atoms with Crippen molar-refractivity contribution in [3.63, 3.8) is 0 Å². The minimum absolute atomic E-state index is 0.274. The van der Waals surface area contributed by atoms with Gasteiger partial charge in [-0.3, -0.25) is 18.5 Å². The maximum atomic E-state index is 12.2. The van der Waals surface area contributed by atoms with Crippen LogP contribution in [-0.4, -0.2) is 28.7 Å². The lowest BCUT2D eigenvalue weighted by Gasteiger charge is -2.04. The molecule has 3 heterocycles. The molecule has 0 bridgehead atoms. The summed E-state index contributed by atoms with van der Waals surface area (Å²) in [5.41, 5.74) is -0.267. The first-order valence-corrected chi connectivity index (χ1v) is 5.51. The molecule has 0 spiro atoms. The van der Waals surface area contributed by atoms with Crippen molar-refractivity contribution in [1.82, 2.24) is 28.7 Å². The molecule has 3 rings (SSSR count). The summed E-state index contributed by atoms with van der Waals surface area (Å²) in [6.45, 7) is 0. The van der Waals surface area contributed by atoms with E-state index in [1.807, 2.05) is 0 Å². The summed E-state index contributed by atoms with van der Waals surface area (Å²) in [6, 6.07) is 1.68. The van der Waals surface area contributed by atoms with Gasteiger partial charge in [0.1, 0.15) is 6.33 Å². The molecule has 0 saturated heterocycles. The van der Waals surface area contributed by atoms with Gasteiger partial charge in [0.05, 0.1) is 0 Å². The van der Waals surface area contributed by atoms with Crippen molar-refractivity contribution in [1.29, 1.82) is 0 Å². The number of hydrogen-bond donors (Lipinski definition) is 0. The summed E-state index contributed by atoms with van der Waals surface area (Å²) in [5.74, 6) is 0.334. The van der Waals surface area contributed by atoms with E-state index in [4.69, 9.17) is 0 Å². The smallest absolute Gasteiger partial charge is 0.279 e. The molecule has 0 aromatic carbocycles. The molecular weight excluding hydrogens is 248 g/mol. The van der Waals surface area contributed by atoms with Gasteiger partial charge in [-0.05, 0) is 6.07 Å². The predicted molar refractivity (Wildman–Crippen MR) is 67.1 cm³/mol. The molecule has 0 aliphatic carbocycles. The van der Waals surface area contributed by atoms with E-state index in [9.17, 15) is 9.59 Å². The highest BCUT2D eigenvalue weighted by atomic mass is 16.2. The molecular formula is C11H10N6O2. The van der Waals surface area contributed by atoms with Crippen molar-refractivity contribution in [3.05, 3.63) is 45.6 Å². The summed E-state index contributed by atoms with van der Waals surface area (Å²) in [5, 5.41) is 0. The van der Waals surface area contributed by atoms with Crippen molar-refractivity contribution in [2.75, 3.05) is 0 Å². The van der Waals surface area contributed by atoms with E-state index in [2.05, 4.69) is 15.0 Å². The molecule has 0 aliphatic heterocycles. The van der Waals surface area contributed by atoms with Crippen LogP contribution < -0.4 is 11.2 Å². The third-order valence-electron chi connectivity index (χ3n) is 2.91. The van der Waals surface area contributed by atoms with E-state index in [1.165, 1.54) is 22.5 Å². The highest BCUT2D eigenvalue weighted by Gasteiger charge is 2.15. The van der Waals surface area contributed by atoms with E-state index >= 15 is 0 Å². The Kier molecular flexibility index (Phi) is 2.31. The van der Waals surface area contributed by atoms with E-state index < -0.39 is 11.2 Å². The summed E-state index contributed by atoms with van der Waals surface area (Å²) < 4.78 is 3.82. The lowest BCUT2D eigenvalue weighted by Crippen LogP contribution is -2.37. The first-order valence-electron chi connectivity index (χ1n) is 5.51. The van der Waals surface area contributed by atoms with Gasteiger partial charge in [0.15, 0.2) is 11.2 Å². The van der Waals surface area contributed by atoms with Gasteiger partial charge in [-0.15, -0.1) is 0 Å². The van der Waals surface area contributed by atoms with Crippen molar-refractivity contribution < 1.29 is 0 Å². The molecule has 0 saturated carbocycles. The molecule has 0 N–H and O–H groups in total. The zero-order valence-electron chi connectivity index (χ0n) is 10.3. The van der Waals surface area contributed by atoms with Gasteiger partial charge < -0.3 is 0 Å². The van der Waals surface area contributed by atoms with Gasteiger partial charge in [-0.1, -0.05) is 0 Å². The van der Waals surface area contributed by atoms with Gasteiger partial charge in [-0.25, -0.2) is 19.7 Å². The minimum atomic E-state index is -0.428. The zero-order chi connectivity index (χ0) is 13.6. The van der Waals surface area contributed by atoms with Crippen LogP contribution in [0, 0.1) is 0 Å². The van der Waals surface area contributed by atoms with Crippen LogP contribution in [0.15, 0.2) is 34.4 Å². The molecule has 19 heavy (non-hydrogen) atoms. The number of fused-ring (bicyclic) bond motifs is 1. The van der Waals surface area contributed by atoms with Crippen LogP contribution in [0.2, 0.25) is 0 Å². The Hall–Kier alpha value is -2.77. The summed E-state index contributed by atoms with van der Waals surface area (Å²) in [4.78, 5) is 36.2. The topological polar surface area (TPSA) is 87.6 Å². The Balaban J connectivity index is 2.49. The fourth-order valence-corrected chi connectivity index (χ4v) is 1.91. The molecule has 3 aromatic rings. The Bertz CT molecular complexity index is 874. The van der Waals surface area contributed by atoms with Crippen molar-refractivity contribution >= 4 is 11.2 Å². The van der Waals surface area contributed by atoms with Gasteiger partial charge in [0.2, 0.25) is 5.95 Å². The monoisotopic (exact) mass is 258 g/mol. The first kappa shape index (κ1) is 11.3. The molecule has 3 aromatic heterocycles. The molecule has 0 fully saturated rings. The van der Waals surface area contributed by atoms with Crippen molar-refractivity contribution in [2.24, 2.45) is 14.1 Å². The predicted octanol–water partition coefficient (Wildman–Crippen LogP) is -0.787. The van der Waals surface area contributed by atoms with Crippen LogP contribution in [0.1, 0.15) is 0 Å². The molecule has 0 radical (unpaired) electrons. The lowest BCUT2D eigenvalue weighted by molar-refractivity contribution is 0.706. The second-order valence-corrected chi connectivity index (χ2v) is 4.04. The van der Waals surface area contributed by atoms with Gasteiger partial charge in [0.25, 0.3) is 5.56 Å². The fraction of sp³-hybridized carbons (Fsp3) is 0.182. The maximum absolute atomic E-state index is 12.2. The largest absolute Gasteiger partial charge is 0.332 e. The molecule has 0 aliphatic rings. The molecule has 8 nitrogen and oxygen atoms in total. The summed E-state index contributed by atoms with van der Waals surface area (Å²) in [6.07, 6.45) is 4.57. The van der Waals surface area contributed by atoms with Crippen LogP contribution in [0.25, 0.3) is 17.1 Å². The minimum Gasteiger partial charge on any atom is -0.279 e. The second kappa shape index (κ2) is 3.87. The number of rotatable bonds is 1. The number of aryl methyl sites for hydroxylation is 1. The van der Waals surface area contributed by atoms with E-state index in [0.29, 0.717) is 11.6 Å². The van der Waals surface area contributed by atoms with Crippen molar-refractivity contribution in [3.8, 4) is 5.95 Å². The van der Waals surface area contributed by atoms with Crippen LogP contribution >= 0.6 is 0 Å². The Labute approximate surface area is 106 Å². The van der Waals surface area contributed by atoms with Crippen LogP contribution in [0.5, 0.6) is 0 Å². The number of nitrogens with zero attached hydrogens (tertiary/aromatic N) is 6.